The van der Waals surface area contributed by atoms with Crippen LogP contribution in [0.25, 0.3) is 0 Å². The summed E-state index contributed by atoms with van der Waals surface area (Å²) in [6.45, 7) is 12.1. The number of aliphatic hydroxyl groups excluding tert-OH is 1. The van der Waals surface area contributed by atoms with Crippen molar-refractivity contribution in [2.45, 2.75) is 39.7 Å². The summed E-state index contributed by atoms with van der Waals surface area (Å²) in [6.07, 6.45) is 3.40. The van der Waals surface area contributed by atoms with Gasteiger partial charge in [-0.15, -0.1) is 0 Å². The summed E-state index contributed by atoms with van der Waals surface area (Å²) in [7, 11) is 0. The number of hydrogen-bond acceptors (Lipinski definition) is 5. The van der Waals surface area contributed by atoms with Crippen LogP contribution in [-0.4, -0.2) is 68.5 Å². The Morgan fingerprint density at radius 3 is 2.70 bits per heavy atom. The van der Waals surface area contributed by atoms with Gasteiger partial charge >= 0.3 is 0 Å². The van der Waals surface area contributed by atoms with Crippen molar-refractivity contribution >= 4 is 5.96 Å². The molecule has 0 aromatic carbocycles. The van der Waals surface area contributed by atoms with E-state index in [1.54, 1.807) is 6.26 Å². The number of ether oxygens (including phenoxy) is 1. The molecular formula is C20H36N4O3. The molecule has 1 aliphatic rings. The van der Waals surface area contributed by atoms with Crippen LogP contribution >= 0.6 is 0 Å². The Hall–Kier alpha value is -1.57. The lowest BCUT2D eigenvalue weighted by Crippen LogP contribution is -2.43. The second-order valence-corrected chi connectivity index (χ2v) is 7.10. The molecule has 1 fully saturated rings. The lowest BCUT2D eigenvalue weighted by molar-refractivity contribution is 0.131. The molecule has 1 aliphatic heterocycles. The smallest absolute Gasteiger partial charge is 0.191 e. The van der Waals surface area contributed by atoms with Crippen molar-refractivity contribution in [1.29, 1.82) is 0 Å². The van der Waals surface area contributed by atoms with E-state index in [0.29, 0.717) is 19.7 Å². The largest absolute Gasteiger partial charge is 0.468 e. The number of likely N-dealkylation sites (N-methyl/N-ethyl adjacent to an activating group) is 1. The predicted octanol–water partition coefficient (Wildman–Crippen LogP) is 2.01. The molecule has 0 bridgehead atoms. The number of nitrogens with one attached hydrogen (secondary N) is 2. The van der Waals surface area contributed by atoms with E-state index in [1.807, 2.05) is 12.1 Å². The molecule has 1 aromatic heterocycles. The topological polar surface area (TPSA) is 82.3 Å². The molecule has 1 saturated heterocycles. The van der Waals surface area contributed by atoms with Gasteiger partial charge in [0.2, 0.25) is 0 Å². The molecular weight excluding hydrogens is 344 g/mol. The van der Waals surface area contributed by atoms with Crippen molar-refractivity contribution in [3.05, 3.63) is 24.2 Å². The fourth-order valence-corrected chi connectivity index (χ4v) is 3.62. The zero-order valence-electron chi connectivity index (χ0n) is 17.0. The minimum atomic E-state index is -0.0453. The van der Waals surface area contributed by atoms with E-state index in [2.05, 4.69) is 36.3 Å². The molecule has 154 valence electrons. The molecule has 2 heterocycles. The Balaban J connectivity index is 2.04. The number of nitrogens with zero attached hydrogens (tertiary/aromatic N) is 2. The Kier molecular flexibility index (Phi) is 9.10. The van der Waals surface area contributed by atoms with E-state index >= 15 is 0 Å². The SMILES string of the molecule is CCNC(=NCC1(CCO)CCOC1)NCC(c1ccco1)N(CC)CC. The third kappa shape index (κ3) is 6.23. The molecule has 1 aromatic rings. The van der Waals surface area contributed by atoms with E-state index in [-0.39, 0.29) is 18.1 Å². The quantitative estimate of drug-likeness (QED) is 0.402. The Labute approximate surface area is 163 Å². The molecule has 0 aliphatic carbocycles. The molecule has 2 atom stereocenters. The summed E-state index contributed by atoms with van der Waals surface area (Å²) in [5.41, 5.74) is -0.0453. The van der Waals surface area contributed by atoms with E-state index in [4.69, 9.17) is 14.1 Å². The number of guanidine groups is 1. The van der Waals surface area contributed by atoms with Crippen molar-refractivity contribution in [2.75, 3.05) is 52.5 Å². The number of hydrogen-bond donors (Lipinski definition) is 3. The summed E-state index contributed by atoms with van der Waals surface area (Å²) in [6, 6.07) is 4.12. The number of aliphatic hydroxyl groups is 1. The van der Waals surface area contributed by atoms with E-state index in [9.17, 15) is 5.11 Å². The first-order chi connectivity index (χ1) is 13.2. The first-order valence-corrected chi connectivity index (χ1v) is 10.2. The van der Waals surface area contributed by atoms with Crippen LogP contribution in [0.15, 0.2) is 27.8 Å². The van der Waals surface area contributed by atoms with Crippen molar-refractivity contribution in [3.8, 4) is 0 Å². The Bertz CT molecular complexity index is 537. The second kappa shape index (κ2) is 11.3. The van der Waals surface area contributed by atoms with Crippen molar-refractivity contribution in [1.82, 2.24) is 15.5 Å². The van der Waals surface area contributed by atoms with Crippen molar-refractivity contribution in [3.63, 3.8) is 0 Å². The first-order valence-electron chi connectivity index (χ1n) is 10.2. The zero-order valence-corrected chi connectivity index (χ0v) is 17.0. The summed E-state index contributed by atoms with van der Waals surface area (Å²) in [4.78, 5) is 7.17. The summed E-state index contributed by atoms with van der Waals surface area (Å²) >= 11 is 0. The lowest BCUT2D eigenvalue weighted by atomic mass is 9.84. The van der Waals surface area contributed by atoms with Crippen LogP contribution in [-0.2, 0) is 4.74 Å². The van der Waals surface area contributed by atoms with Gasteiger partial charge in [0.25, 0.3) is 0 Å². The fraction of sp³-hybridized carbons (Fsp3) is 0.750. The summed E-state index contributed by atoms with van der Waals surface area (Å²) < 4.78 is 11.2. The molecule has 2 unspecified atom stereocenters. The molecule has 7 nitrogen and oxygen atoms in total. The highest BCUT2D eigenvalue weighted by molar-refractivity contribution is 5.79. The van der Waals surface area contributed by atoms with Gasteiger partial charge in [-0.3, -0.25) is 9.89 Å². The van der Waals surface area contributed by atoms with Crippen LogP contribution in [0.5, 0.6) is 0 Å². The predicted molar refractivity (Wildman–Crippen MR) is 108 cm³/mol. The van der Waals surface area contributed by atoms with Gasteiger partial charge in [-0.1, -0.05) is 13.8 Å². The van der Waals surface area contributed by atoms with Gasteiger partial charge in [-0.2, -0.15) is 0 Å². The van der Waals surface area contributed by atoms with Crippen LogP contribution in [0.3, 0.4) is 0 Å². The molecule has 2 rings (SSSR count). The highest BCUT2D eigenvalue weighted by Crippen LogP contribution is 2.32. The van der Waals surface area contributed by atoms with Gasteiger partial charge in [0, 0.05) is 31.7 Å². The minimum Gasteiger partial charge on any atom is -0.468 e. The van der Waals surface area contributed by atoms with Gasteiger partial charge in [0.15, 0.2) is 5.96 Å². The third-order valence-corrected chi connectivity index (χ3v) is 5.33. The van der Waals surface area contributed by atoms with Crippen molar-refractivity contribution in [2.24, 2.45) is 10.4 Å². The third-order valence-electron chi connectivity index (χ3n) is 5.33. The molecule has 3 N–H and O–H groups in total. The fourth-order valence-electron chi connectivity index (χ4n) is 3.62. The number of rotatable bonds is 11. The molecule has 0 amide bonds. The lowest BCUT2D eigenvalue weighted by Gasteiger charge is -2.29. The molecule has 7 heteroatoms. The monoisotopic (exact) mass is 380 g/mol. The van der Waals surface area contributed by atoms with Crippen LogP contribution in [0.4, 0.5) is 0 Å². The molecule has 0 spiro atoms. The van der Waals surface area contributed by atoms with Crippen LogP contribution in [0.1, 0.15) is 45.4 Å². The highest BCUT2D eigenvalue weighted by Gasteiger charge is 2.34. The number of aliphatic imine (C=N–C) groups is 1. The summed E-state index contributed by atoms with van der Waals surface area (Å²) in [5, 5.41) is 16.2. The average molecular weight is 381 g/mol. The summed E-state index contributed by atoms with van der Waals surface area (Å²) in [5.74, 6) is 1.76. The van der Waals surface area contributed by atoms with E-state index < -0.39 is 0 Å². The maximum atomic E-state index is 9.41. The highest BCUT2D eigenvalue weighted by atomic mass is 16.5. The minimum absolute atomic E-state index is 0.0453. The number of furan rings is 1. The van der Waals surface area contributed by atoms with Crippen LogP contribution in [0.2, 0.25) is 0 Å². The van der Waals surface area contributed by atoms with Gasteiger partial charge in [-0.25, -0.2) is 0 Å². The van der Waals surface area contributed by atoms with Gasteiger partial charge in [-0.05, 0) is 45.0 Å². The Morgan fingerprint density at radius 2 is 2.15 bits per heavy atom. The maximum absolute atomic E-state index is 9.41. The Morgan fingerprint density at radius 1 is 1.33 bits per heavy atom. The molecule has 0 radical (unpaired) electrons. The molecule has 27 heavy (non-hydrogen) atoms. The van der Waals surface area contributed by atoms with Crippen molar-refractivity contribution < 1.29 is 14.3 Å². The second-order valence-electron chi connectivity index (χ2n) is 7.10. The maximum Gasteiger partial charge on any atom is 0.191 e. The van der Waals surface area contributed by atoms with Gasteiger partial charge in [0.05, 0.1) is 25.5 Å². The zero-order chi connectivity index (χ0) is 19.5. The first kappa shape index (κ1) is 21.7. The standard InChI is InChI=1S/C20H36N4O3/c1-4-21-19(23-15-20(9-11-25)10-13-26-16-20)22-14-17(24(5-2)6-3)18-8-7-12-27-18/h7-8,12,17,25H,4-6,9-11,13-16H2,1-3H3,(H2,21,22,23). The normalized spacial score (nSPS) is 21.6. The molecule has 0 saturated carbocycles. The van der Waals surface area contributed by atoms with Gasteiger partial charge < -0.3 is 24.9 Å². The van der Waals surface area contributed by atoms with Crippen LogP contribution in [0, 0.1) is 5.41 Å². The van der Waals surface area contributed by atoms with Crippen LogP contribution < -0.4 is 10.6 Å². The van der Waals surface area contributed by atoms with Gasteiger partial charge in [0.1, 0.15) is 5.76 Å². The van der Waals surface area contributed by atoms with E-state index in [1.165, 1.54) is 0 Å². The average Bonchev–Trinajstić information content (AvgIpc) is 3.36. The van der Waals surface area contributed by atoms with E-state index in [0.717, 1.165) is 50.8 Å².